The zero-order valence-corrected chi connectivity index (χ0v) is 11.2. The van der Waals surface area contributed by atoms with Gasteiger partial charge in [-0.2, -0.15) is 0 Å². The molecule has 1 aromatic heterocycles. The predicted octanol–water partition coefficient (Wildman–Crippen LogP) is 3.02. The van der Waals surface area contributed by atoms with Crippen molar-refractivity contribution in [1.29, 1.82) is 0 Å². The van der Waals surface area contributed by atoms with Gasteiger partial charge in [0.05, 0.1) is 17.6 Å². The summed E-state index contributed by atoms with van der Waals surface area (Å²) in [5, 5.41) is 3.42. The minimum atomic E-state index is 0.780. The molecule has 1 fully saturated rings. The molecule has 0 aliphatic heterocycles. The Morgan fingerprint density at radius 3 is 2.94 bits per heavy atom. The summed E-state index contributed by atoms with van der Waals surface area (Å²) in [5.41, 5.74) is 1.18. The minimum absolute atomic E-state index is 0.780. The molecule has 1 aromatic rings. The van der Waals surface area contributed by atoms with Gasteiger partial charge in [-0.05, 0) is 31.4 Å². The number of nitrogens with one attached hydrogen (secondary N) is 1. The average molecular weight is 260 g/mol. The van der Waals surface area contributed by atoms with Crippen LogP contribution in [0.15, 0.2) is 6.07 Å². The van der Waals surface area contributed by atoms with Gasteiger partial charge in [-0.15, -0.1) is 11.3 Å². The Balaban J connectivity index is 1.53. The van der Waals surface area contributed by atoms with E-state index in [2.05, 4.69) is 11.4 Å². The second-order valence-electron chi connectivity index (χ2n) is 4.26. The molecule has 0 aromatic carbocycles. The van der Waals surface area contributed by atoms with Crippen LogP contribution in [0.2, 0.25) is 4.34 Å². The van der Waals surface area contributed by atoms with Crippen LogP contribution in [-0.2, 0) is 11.2 Å². The molecule has 0 saturated heterocycles. The highest BCUT2D eigenvalue weighted by molar-refractivity contribution is 7.16. The van der Waals surface area contributed by atoms with Crippen LogP contribution in [0, 0.1) is 6.92 Å². The molecule has 0 unspecified atom stereocenters. The van der Waals surface area contributed by atoms with Crippen molar-refractivity contribution in [2.24, 2.45) is 0 Å². The van der Waals surface area contributed by atoms with Gasteiger partial charge < -0.3 is 10.1 Å². The van der Waals surface area contributed by atoms with E-state index < -0.39 is 0 Å². The van der Waals surface area contributed by atoms with E-state index in [1.165, 1.54) is 23.3 Å². The highest BCUT2D eigenvalue weighted by Gasteiger charge is 2.19. The van der Waals surface area contributed by atoms with E-state index in [0.29, 0.717) is 0 Å². The van der Waals surface area contributed by atoms with E-state index in [1.807, 2.05) is 6.92 Å². The van der Waals surface area contributed by atoms with Gasteiger partial charge in [0.15, 0.2) is 0 Å². The van der Waals surface area contributed by atoms with Gasteiger partial charge in [-0.1, -0.05) is 11.6 Å². The fourth-order valence-electron chi connectivity index (χ4n) is 1.54. The molecule has 1 aliphatic rings. The fraction of sp³-hybridized carbons (Fsp3) is 0.667. The average Bonchev–Trinajstić information content (AvgIpc) is 3.01. The molecule has 1 N–H and O–H groups in total. The summed E-state index contributed by atoms with van der Waals surface area (Å²) < 4.78 is 6.47. The van der Waals surface area contributed by atoms with Crippen LogP contribution in [0.3, 0.4) is 0 Å². The highest BCUT2D eigenvalue weighted by atomic mass is 35.5. The number of halogens is 1. The summed E-state index contributed by atoms with van der Waals surface area (Å²) in [6.45, 7) is 4.63. The molecule has 0 spiro atoms. The Hall–Kier alpha value is -0.0900. The van der Waals surface area contributed by atoms with Crippen LogP contribution >= 0.6 is 22.9 Å². The molecule has 16 heavy (non-hydrogen) atoms. The van der Waals surface area contributed by atoms with Crippen molar-refractivity contribution >= 4 is 22.9 Å². The first-order chi connectivity index (χ1) is 7.75. The monoisotopic (exact) mass is 259 g/mol. The molecule has 0 atom stereocenters. The maximum absolute atomic E-state index is 6.00. The van der Waals surface area contributed by atoms with E-state index >= 15 is 0 Å². The van der Waals surface area contributed by atoms with Crippen LogP contribution in [0.5, 0.6) is 0 Å². The molecule has 1 heterocycles. The first kappa shape index (κ1) is 12.4. The number of rotatable bonds is 7. The molecular formula is C12H18ClNOS. The summed E-state index contributed by atoms with van der Waals surface area (Å²) >= 11 is 7.66. The topological polar surface area (TPSA) is 21.3 Å². The third kappa shape index (κ3) is 4.06. The molecule has 4 heteroatoms. The van der Waals surface area contributed by atoms with Gasteiger partial charge in [-0.3, -0.25) is 0 Å². The molecule has 1 saturated carbocycles. The first-order valence-electron chi connectivity index (χ1n) is 5.81. The van der Waals surface area contributed by atoms with Crippen LogP contribution in [0.4, 0.5) is 0 Å². The first-order valence-corrected chi connectivity index (χ1v) is 7.01. The van der Waals surface area contributed by atoms with Gasteiger partial charge in [0.1, 0.15) is 0 Å². The van der Waals surface area contributed by atoms with Gasteiger partial charge >= 0.3 is 0 Å². The summed E-state index contributed by atoms with van der Waals surface area (Å²) in [6.07, 6.45) is 3.65. The summed E-state index contributed by atoms with van der Waals surface area (Å²) in [4.78, 5) is 1.32. The Morgan fingerprint density at radius 2 is 2.31 bits per heavy atom. The number of aryl methyl sites for hydroxylation is 1. The van der Waals surface area contributed by atoms with Crippen molar-refractivity contribution in [2.45, 2.75) is 32.2 Å². The number of hydrogen-bond donors (Lipinski definition) is 1. The van der Waals surface area contributed by atoms with Gasteiger partial charge in [-0.25, -0.2) is 0 Å². The maximum atomic E-state index is 6.00. The third-order valence-electron chi connectivity index (χ3n) is 2.66. The predicted molar refractivity (Wildman–Crippen MR) is 69.6 cm³/mol. The Morgan fingerprint density at radius 1 is 1.50 bits per heavy atom. The van der Waals surface area contributed by atoms with Crippen LogP contribution in [-0.4, -0.2) is 25.8 Å². The number of thiophene rings is 1. The largest absolute Gasteiger partial charge is 0.380 e. The number of ether oxygens (including phenoxy) is 1. The lowest BCUT2D eigenvalue weighted by Crippen LogP contribution is -2.22. The summed E-state index contributed by atoms with van der Waals surface area (Å²) in [6, 6.07) is 2.93. The molecule has 0 amide bonds. The van der Waals surface area contributed by atoms with Crippen LogP contribution in [0.1, 0.15) is 23.3 Å². The van der Waals surface area contributed by atoms with Crippen molar-refractivity contribution in [1.82, 2.24) is 5.32 Å². The second-order valence-corrected chi connectivity index (χ2v) is 6.00. The van der Waals surface area contributed by atoms with Gasteiger partial charge in [0, 0.05) is 23.9 Å². The molecule has 0 radical (unpaired) electrons. The van der Waals surface area contributed by atoms with Crippen LogP contribution < -0.4 is 5.32 Å². The smallest absolute Gasteiger partial charge is 0.0960 e. The maximum Gasteiger partial charge on any atom is 0.0960 e. The molecule has 2 rings (SSSR count). The molecule has 0 bridgehead atoms. The Kier molecular flexibility index (Phi) is 4.65. The van der Waals surface area contributed by atoms with E-state index in [-0.39, 0.29) is 0 Å². The fourth-order valence-corrected chi connectivity index (χ4v) is 2.77. The summed E-state index contributed by atoms with van der Waals surface area (Å²) in [5.74, 6) is 0. The second kappa shape index (κ2) is 6.01. The number of hydrogen-bond acceptors (Lipinski definition) is 3. The van der Waals surface area contributed by atoms with Gasteiger partial charge in [0.25, 0.3) is 0 Å². The lowest BCUT2D eigenvalue weighted by atomic mass is 10.3. The molecule has 90 valence electrons. The molecule has 1 aliphatic carbocycles. The van der Waals surface area contributed by atoms with E-state index in [9.17, 15) is 0 Å². The zero-order chi connectivity index (χ0) is 11.4. The lowest BCUT2D eigenvalue weighted by Gasteiger charge is -2.03. The summed E-state index contributed by atoms with van der Waals surface area (Å²) in [7, 11) is 0. The van der Waals surface area contributed by atoms with Crippen molar-refractivity contribution < 1.29 is 4.74 Å². The third-order valence-corrected chi connectivity index (χ3v) is 4.27. The van der Waals surface area contributed by atoms with Crippen molar-refractivity contribution in [3.8, 4) is 0 Å². The minimum Gasteiger partial charge on any atom is -0.380 e. The van der Waals surface area contributed by atoms with E-state index in [1.54, 1.807) is 11.3 Å². The van der Waals surface area contributed by atoms with Gasteiger partial charge in [0.2, 0.25) is 0 Å². The zero-order valence-electron chi connectivity index (χ0n) is 9.59. The van der Waals surface area contributed by atoms with Crippen LogP contribution in [0.25, 0.3) is 0 Å². The van der Waals surface area contributed by atoms with Crippen molar-refractivity contribution in [2.75, 3.05) is 19.8 Å². The highest BCUT2D eigenvalue weighted by Crippen LogP contribution is 2.26. The SMILES string of the molecule is Cc1cc(CCOCCNC2CC2)sc1Cl. The quantitative estimate of drug-likeness (QED) is 0.760. The molecule has 2 nitrogen and oxygen atoms in total. The normalized spacial score (nSPS) is 15.6. The Labute approximate surface area is 106 Å². The standard InChI is InChI=1S/C12H18ClNOS/c1-9-8-11(16-12(9)13)4-6-15-7-5-14-10-2-3-10/h8,10,14H,2-7H2,1H3. The molecular weight excluding hydrogens is 242 g/mol. The lowest BCUT2D eigenvalue weighted by molar-refractivity contribution is 0.139. The van der Waals surface area contributed by atoms with Crippen molar-refractivity contribution in [3.63, 3.8) is 0 Å². The van der Waals surface area contributed by atoms with E-state index in [4.69, 9.17) is 16.3 Å². The van der Waals surface area contributed by atoms with Crippen molar-refractivity contribution in [3.05, 3.63) is 20.8 Å². The Bertz CT molecular complexity index is 316. The van der Waals surface area contributed by atoms with E-state index in [0.717, 1.165) is 36.6 Å².